The van der Waals surface area contributed by atoms with Gasteiger partial charge in [-0.05, 0) is 233 Å². The molecule has 560 valence electrons. The summed E-state index contributed by atoms with van der Waals surface area (Å²) in [5, 5.41) is 4.50. The molecule has 5 aliphatic rings. The molecule has 2 aromatic heterocycles. The van der Waals surface area contributed by atoms with Crippen molar-refractivity contribution in [1.29, 1.82) is 0 Å². The Morgan fingerprint density at radius 3 is 0.992 bits per heavy atom. The average Bonchev–Trinajstić information content (AvgIpc) is 1.55. The van der Waals surface area contributed by atoms with Crippen molar-refractivity contribution in [2.45, 2.75) is 49.7 Å². The maximum absolute atomic E-state index is 7.00. The van der Waals surface area contributed by atoms with Crippen molar-refractivity contribution >= 4 is 102 Å². The monoisotopic (exact) mass is 1550 g/mol. The summed E-state index contributed by atoms with van der Waals surface area (Å²) in [6.45, 7) is 4.71. The van der Waals surface area contributed by atoms with Crippen molar-refractivity contribution in [2.75, 3.05) is 9.80 Å². The fourth-order valence-electron chi connectivity index (χ4n) is 20.9. The lowest BCUT2D eigenvalue weighted by Gasteiger charge is -2.39. The zero-order valence-corrected chi connectivity index (χ0v) is 66.9. The highest BCUT2D eigenvalue weighted by Gasteiger charge is 2.53. The Kier molecular flexibility index (Phi) is 15.7. The molecule has 0 fully saturated rings. The normalized spacial score (nSPS) is 13.9. The molecular weight excluding hydrogens is 1480 g/mol. The van der Waals surface area contributed by atoms with Crippen LogP contribution in [0.25, 0.3) is 111 Å². The maximum Gasteiger partial charge on any atom is 0.136 e. The Morgan fingerprint density at radius 2 is 0.538 bits per heavy atom. The Hall–Kier alpha value is -14.1. The molecule has 2 spiro atoms. The van der Waals surface area contributed by atoms with Gasteiger partial charge in [-0.2, -0.15) is 0 Å². The fourth-order valence-corrected chi connectivity index (χ4v) is 23.2. The van der Waals surface area contributed by atoms with Crippen LogP contribution in [-0.2, 0) is 16.2 Å². The Labute approximate surface area is 699 Å². The van der Waals surface area contributed by atoms with E-state index in [4.69, 9.17) is 8.83 Å². The SMILES string of the molecule is CC1(C)c2ccccc2-c2ccc(N(c3ccccc3)c3ccccc3-c3cccc4oc5cc6c(cc5c34)-c3ccccc3C63c4ccccc4Sc4ccccc43)cc21.c1ccc(-c2ccc(N(c3ccccc3)c3ccccc3-c3cccc4oc5cc6c(cc5c34)-c3ccccc3C63c4ccccc4Sc4ccccc43)cc2)cc1. The lowest BCUT2D eigenvalue weighted by Crippen LogP contribution is -2.31. The highest BCUT2D eigenvalue weighted by molar-refractivity contribution is 7.99. The van der Waals surface area contributed by atoms with Gasteiger partial charge in [0.25, 0.3) is 0 Å². The first-order valence-electron chi connectivity index (χ1n) is 41.0. The van der Waals surface area contributed by atoms with E-state index in [1.807, 2.05) is 23.5 Å². The minimum absolute atomic E-state index is 0.122. The summed E-state index contributed by atoms with van der Waals surface area (Å²) in [4.78, 5) is 10.00. The Balaban J connectivity index is 0.000000136. The number of para-hydroxylation sites is 4. The van der Waals surface area contributed by atoms with Gasteiger partial charge in [-0.1, -0.05) is 329 Å². The van der Waals surface area contributed by atoms with Crippen molar-refractivity contribution in [2.24, 2.45) is 0 Å². The number of fused-ring (bicyclic) bond motifs is 27. The fraction of sp³-hybridized carbons (Fsp3) is 0.0442. The summed E-state index contributed by atoms with van der Waals surface area (Å²) in [6.07, 6.45) is 0. The van der Waals surface area contributed by atoms with E-state index in [1.54, 1.807) is 0 Å². The van der Waals surface area contributed by atoms with E-state index in [0.717, 1.165) is 100 Å². The zero-order valence-electron chi connectivity index (χ0n) is 65.3. The van der Waals surface area contributed by atoms with Gasteiger partial charge < -0.3 is 18.6 Å². The number of benzene rings is 18. The van der Waals surface area contributed by atoms with E-state index < -0.39 is 10.8 Å². The zero-order chi connectivity index (χ0) is 78.7. The van der Waals surface area contributed by atoms with Gasteiger partial charge in [0.1, 0.15) is 22.3 Å². The van der Waals surface area contributed by atoms with Crippen LogP contribution in [0.3, 0.4) is 0 Å². The quantitative estimate of drug-likeness (QED) is 0.143. The largest absolute Gasteiger partial charge is 0.456 e. The molecule has 0 saturated carbocycles. The highest BCUT2D eigenvalue weighted by atomic mass is 32.2. The molecule has 0 N–H and O–H groups in total. The summed E-state index contributed by atoms with van der Waals surface area (Å²) < 4.78 is 14.0. The number of anilines is 6. The van der Waals surface area contributed by atoms with Crippen LogP contribution in [0.1, 0.15) is 69.5 Å². The molecule has 4 heterocycles. The number of furan rings is 2. The second-order valence-corrected chi connectivity index (χ2v) is 34.5. The summed E-state index contributed by atoms with van der Waals surface area (Å²) in [6, 6.07) is 151. The van der Waals surface area contributed by atoms with Crippen LogP contribution < -0.4 is 9.80 Å². The van der Waals surface area contributed by atoms with Gasteiger partial charge in [-0.25, -0.2) is 0 Å². The van der Waals surface area contributed by atoms with Crippen LogP contribution in [0.2, 0.25) is 0 Å². The van der Waals surface area contributed by atoms with Crippen LogP contribution in [0.4, 0.5) is 34.1 Å². The number of rotatable bonds is 9. The smallest absolute Gasteiger partial charge is 0.136 e. The van der Waals surface area contributed by atoms with E-state index in [1.165, 1.54) is 120 Å². The molecule has 0 amide bonds. The molecule has 0 bridgehead atoms. The van der Waals surface area contributed by atoms with E-state index in [9.17, 15) is 0 Å². The van der Waals surface area contributed by atoms with E-state index in [-0.39, 0.29) is 5.41 Å². The molecular formula is C113H74N2O2S2. The molecule has 3 aliphatic carbocycles. The molecule has 25 rings (SSSR count). The van der Waals surface area contributed by atoms with Gasteiger partial charge in [0.2, 0.25) is 0 Å². The van der Waals surface area contributed by atoms with Crippen molar-refractivity contribution in [3.8, 4) is 66.8 Å². The van der Waals surface area contributed by atoms with Gasteiger partial charge in [-0.3, -0.25) is 0 Å². The van der Waals surface area contributed by atoms with E-state index >= 15 is 0 Å². The summed E-state index contributed by atoms with van der Waals surface area (Å²) in [7, 11) is 0. The second kappa shape index (κ2) is 27.0. The third kappa shape index (κ3) is 10.3. The minimum atomic E-state index is -0.463. The number of hydrogen-bond acceptors (Lipinski definition) is 6. The second-order valence-electron chi connectivity index (χ2n) is 32.3. The minimum Gasteiger partial charge on any atom is -0.456 e. The van der Waals surface area contributed by atoms with Gasteiger partial charge >= 0.3 is 0 Å². The molecule has 2 aliphatic heterocycles. The molecule has 6 heteroatoms. The summed E-state index contributed by atoms with van der Waals surface area (Å²) >= 11 is 3.75. The molecule has 18 aromatic carbocycles. The third-order valence-corrected chi connectivity index (χ3v) is 28.2. The van der Waals surface area contributed by atoms with Crippen molar-refractivity contribution in [3.63, 3.8) is 0 Å². The van der Waals surface area contributed by atoms with Gasteiger partial charge in [0.15, 0.2) is 0 Å². The average molecular weight is 1560 g/mol. The predicted octanol–water partition coefficient (Wildman–Crippen LogP) is 31.1. The molecule has 20 aromatic rings. The van der Waals surface area contributed by atoms with E-state index in [0.29, 0.717) is 0 Å². The van der Waals surface area contributed by atoms with Crippen LogP contribution in [0, 0.1) is 0 Å². The number of nitrogens with zero attached hydrogens (tertiary/aromatic N) is 2. The molecule has 0 saturated heterocycles. The number of hydrogen-bond donors (Lipinski definition) is 0. The van der Waals surface area contributed by atoms with Crippen molar-refractivity contribution in [1.82, 2.24) is 0 Å². The van der Waals surface area contributed by atoms with Gasteiger partial charge in [0, 0.05) is 80.4 Å². The van der Waals surface area contributed by atoms with Crippen LogP contribution >= 0.6 is 23.5 Å². The molecule has 0 radical (unpaired) electrons. The first kappa shape index (κ1) is 69.2. The third-order valence-electron chi connectivity index (χ3n) is 25.9. The lowest BCUT2D eigenvalue weighted by molar-refractivity contribution is 0.660. The van der Waals surface area contributed by atoms with Crippen LogP contribution in [0.15, 0.2) is 441 Å². The predicted molar refractivity (Wildman–Crippen MR) is 494 cm³/mol. The van der Waals surface area contributed by atoms with Gasteiger partial charge in [-0.15, -0.1) is 0 Å². The topological polar surface area (TPSA) is 32.8 Å². The Bertz CT molecular complexity index is 7450. The first-order chi connectivity index (χ1) is 58.8. The molecule has 119 heavy (non-hydrogen) atoms. The standard InChI is InChI=1S/C58H39NOS.C55H35NOS/c1-57(2)45-23-9-6-19-38(45)40-32-31-37(33-49(40)57)59(36-17-4-3-5-18-36)51-27-13-8-21-41(51)42-22-16-28-52-56(42)44-34-43-39-20-7-10-24-46(39)58(50(43)35-53(44)60-52)47-25-11-14-29-54(47)61-55-30-15-12-26-48(55)58;1-3-16-36(17-4-1)37-30-32-39(33-31-37)56(38-18-5-2-6-19-38)49-26-12-8-21-41(49)42-22-15-27-50-54(42)44-34-43-40-20-7-9-23-45(40)55(48(43)35-51(44)57-50)46-24-10-13-28-52(46)58-53-29-14-11-25-47(53)55/h3-35H,1-2H3;1-35H. The molecule has 0 unspecified atom stereocenters. The van der Waals surface area contributed by atoms with Crippen LogP contribution in [-0.4, -0.2) is 0 Å². The molecule has 4 nitrogen and oxygen atoms in total. The van der Waals surface area contributed by atoms with Crippen LogP contribution in [0.5, 0.6) is 0 Å². The Morgan fingerprint density at radius 1 is 0.210 bits per heavy atom. The lowest BCUT2D eigenvalue weighted by atomic mass is 9.67. The van der Waals surface area contributed by atoms with Gasteiger partial charge in [0.05, 0.1) is 22.2 Å². The first-order valence-corrected chi connectivity index (χ1v) is 42.6. The molecule has 0 atom stereocenters. The highest BCUT2D eigenvalue weighted by Crippen LogP contribution is 2.66. The van der Waals surface area contributed by atoms with Crippen molar-refractivity contribution in [3.05, 3.63) is 468 Å². The van der Waals surface area contributed by atoms with Crippen molar-refractivity contribution < 1.29 is 8.83 Å². The maximum atomic E-state index is 7.00. The summed E-state index contributed by atoms with van der Waals surface area (Å²) in [5.41, 5.74) is 37.1. The summed E-state index contributed by atoms with van der Waals surface area (Å²) in [5.74, 6) is 0. The van der Waals surface area contributed by atoms with E-state index in [2.05, 4.69) is 436 Å².